The highest BCUT2D eigenvalue weighted by Crippen LogP contribution is 2.42. The Bertz CT molecular complexity index is 1430. The Labute approximate surface area is 296 Å². The number of aromatic nitrogens is 1. The molecule has 10 heteroatoms. The van der Waals surface area contributed by atoms with Crippen LogP contribution in [0.25, 0.3) is 0 Å². The Kier molecular flexibility index (Phi) is 12.7. The molecule has 2 amide bonds. The van der Waals surface area contributed by atoms with Crippen LogP contribution in [0.3, 0.4) is 0 Å². The Morgan fingerprint density at radius 3 is 2.29 bits per heavy atom. The lowest BCUT2D eigenvalue weighted by molar-refractivity contribution is -0.149. The van der Waals surface area contributed by atoms with Crippen LogP contribution in [0, 0.1) is 29.6 Å². The van der Waals surface area contributed by atoms with Crippen LogP contribution in [-0.2, 0) is 25.5 Å². The lowest BCUT2D eigenvalue weighted by Gasteiger charge is -2.45. The van der Waals surface area contributed by atoms with Crippen molar-refractivity contribution in [3.63, 3.8) is 0 Å². The second-order valence-electron chi connectivity index (χ2n) is 15.5. The van der Waals surface area contributed by atoms with Gasteiger partial charge < -0.3 is 15.0 Å². The van der Waals surface area contributed by atoms with Gasteiger partial charge in [-0.25, -0.2) is 4.98 Å². The number of piperidine rings is 3. The van der Waals surface area contributed by atoms with Crippen LogP contribution >= 0.6 is 11.3 Å². The summed E-state index contributed by atoms with van der Waals surface area (Å²) in [6, 6.07) is 9.78. The Morgan fingerprint density at radius 2 is 1.71 bits per heavy atom. The molecule has 2 aromatic rings. The van der Waals surface area contributed by atoms with E-state index in [0.29, 0.717) is 35.4 Å². The van der Waals surface area contributed by atoms with Gasteiger partial charge in [-0.1, -0.05) is 58.0 Å². The molecule has 0 unspecified atom stereocenters. The fourth-order valence-electron chi connectivity index (χ4n) is 7.99. The number of carbonyl (C=O) groups is 4. The molecule has 9 nitrogen and oxygen atoms in total. The summed E-state index contributed by atoms with van der Waals surface area (Å²) >= 11 is 1.30. The molecule has 2 bridgehead atoms. The van der Waals surface area contributed by atoms with E-state index in [-0.39, 0.29) is 53.5 Å². The predicted octanol–water partition coefficient (Wildman–Crippen LogP) is 6.48. The quantitative estimate of drug-likeness (QED) is 0.189. The van der Waals surface area contributed by atoms with E-state index in [1.54, 1.807) is 10.3 Å². The molecule has 1 aromatic carbocycles. The standard InChI is InChI=1S/C39H56N4O5S/c1-24(2)18-30(19-27-10-8-7-9-11-27)40-37(46)32-23-49-38(41-32)36(48-26(5)44)22-33(25(3)4)42(6)39(47)31(29-12-13-29)21-35(45)34-20-28-14-16-43(34)17-15-28/h7-11,23-25,28-31,33-34,36H,12-22H2,1-6H3,(H,40,46)/t30-,31+,33-,34-,36-/m1/s1. The lowest BCUT2D eigenvalue weighted by atomic mass is 9.79. The zero-order valence-electron chi connectivity index (χ0n) is 30.2. The van der Waals surface area contributed by atoms with Crippen molar-refractivity contribution in [1.82, 2.24) is 20.1 Å². The second kappa shape index (κ2) is 16.7. The minimum Gasteiger partial charge on any atom is -0.455 e. The third-order valence-corrected chi connectivity index (χ3v) is 11.7. The van der Waals surface area contributed by atoms with E-state index in [1.165, 1.54) is 31.1 Å². The van der Waals surface area contributed by atoms with Gasteiger partial charge in [-0.2, -0.15) is 0 Å². The molecule has 1 saturated carbocycles. The SMILES string of the molecule is CC(=O)O[C@H](C[C@H](C(C)C)N(C)C(=O)[C@@H](CC(=O)[C@H]1CC2CCN1CC2)C1CC1)c1nc(C(=O)N[C@@H](Cc2ccccc2)CC(C)C)cs1. The number of ketones is 1. The minimum atomic E-state index is -0.714. The number of benzene rings is 1. The highest BCUT2D eigenvalue weighted by Gasteiger charge is 2.44. The number of ether oxygens (including phenoxy) is 1. The summed E-state index contributed by atoms with van der Waals surface area (Å²) in [6.07, 6.45) is 6.72. The number of Topliss-reactive ketones (excluding diaryl/α,β-unsaturated/α-hetero) is 1. The molecule has 6 rings (SSSR count). The molecule has 0 spiro atoms. The molecule has 3 aliphatic heterocycles. The molecule has 0 radical (unpaired) electrons. The summed E-state index contributed by atoms with van der Waals surface area (Å²) in [5.41, 5.74) is 1.46. The summed E-state index contributed by atoms with van der Waals surface area (Å²) in [6.45, 7) is 11.8. The van der Waals surface area contributed by atoms with Crippen LogP contribution in [0.2, 0.25) is 0 Å². The van der Waals surface area contributed by atoms with Gasteiger partial charge in [-0.15, -0.1) is 11.3 Å². The Hall–Kier alpha value is -3.11. The van der Waals surface area contributed by atoms with E-state index in [4.69, 9.17) is 4.74 Å². The normalized spacial score (nSPS) is 22.7. The van der Waals surface area contributed by atoms with Crippen molar-refractivity contribution in [2.45, 2.75) is 117 Å². The van der Waals surface area contributed by atoms with Crippen LogP contribution in [0.1, 0.15) is 113 Å². The molecule has 1 aliphatic carbocycles. The van der Waals surface area contributed by atoms with Gasteiger partial charge in [0.05, 0.1) is 6.04 Å². The summed E-state index contributed by atoms with van der Waals surface area (Å²) in [7, 11) is 1.83. The summed E-state index contributed by atoms with van der Waals surface area (Å²) in [4.78, 5) is 62.4. The van der Waals surface area contributed by atoms with Crippen molar-refractivity contribution in [3.8, 4) is 0 Å². The fraction of sp³-hybridized carbons (Fsp3) is 0.667. The smallest absolute Gasteiger partial charge is 0.303 e. The van der Waals surface area contributed by atoms with E-state index >= 15 is 0 Å². The predicted molar refractivity (Wildman–Crippen MR) is 192 cm³/mol. The molecule has 1 aromatic heterocycles. The van der Waals surface area contributed by atoms with Crippen molar-refractivity contribution < 1.29 is 23.9 Å². The van der Waals surface area contributed by atoms with Gasteiger partial charge in [0, 0.05) is 50.2 Å². The molecule has 1 N–H and O–H groups in total. The van der Waals surface area contributed by atoms with Crippen molar-refractivity contribution in [1.29, 1.82) is 0 Å². The number of rotatable bonds is 17. The first kappa shape index (κ1) is 37.2. The van der Waals surface area contributed by atoms with Gasteiger partial charge in [0.2, 0.25) is 5.91 Å². The highest BCUT2D eigenvalue weighted by molar-refractivity contribution is 7.09. The maximum Gasteiger partial charge on any atom is 0.303 e. The molecule has 4 fully saturated rings. The number of hydrogen-bond acceptors (Lipinski definition) is 8. The van der Waals surface area contributed by atoms with Gasteiger partial charge in [0.15, 0.2) is 11.9 Å². The average Bonchev–Trinajstić information content (AvgIpc) is 3.79. The van der Waals surface area contributed by atoms with E-state index in [9.17, 15) is 19.2 Å². The average molecular weight is 693 g/mol. The number of fused-ring (bicyclic) bond motifs is 3. The third-order valence-electron chi connectivity index (χ3n) is 10.8. The monoisotopic (exact) mass is 692 g/mol. The van der Waals surface area contributed by atoms with Gasteiger partial charge in [-0.3, -0.25) is 24.1 Å². The van der Waals surface area contributed by atoms with Crippen LogP contribution in [0.5, 0.6) is 0 Å². The number of carbonyl (C=O) groups excluding carboxylic acids is 4. The van der Waals surface area contributed by atoms with E-state index < -0.39 is 12.1 Å². The Morgan fingerprint density at radius 1 is 1.02 bits per heavy atom. The minimum absolute atomic E-state index is 0.000842. The third kappa shape index (κ3) is 10.00. The molecule has 4 aliphatic rings. The van der Waals surface area contributed by atoms with Gasteiger partial charge in [0.25, 0.3) is 5.91 Å². The summed E-state index contributed by atoms with van der Waals surface area (Å²) < 4.78 is 5.82. The van der Waals surface area contributed by atoms with Crippen molar-refractivity contribution in [2.75, 3.05) is 20.1 Å². The van der Waals surface area contributed by atoms with Crippen LogP contribution in [0.4, 0.5) is 0 Å². The molecule has 5 atom stereocenters. The zero-order valence-corrected chi connectivity index (χ0v) is 31.0. The first-order valence-electron chi connectivity index (χ1n) is 18.4. The topological polar surface area (TPSA) is 109 Å². The number of amides is 2. The molecular weight excluding hydrogens is 637 g/mol. The maximum absolute atomic E-state index is 14.2. The van der Waals surface area contributed by atoms with E-state index in [1.807, 2.05) is 25.2 Å². The summed E-state index contributed by atoms with van der Waals surface area (Å²) in [5.74, 6) is 0.535. The fourth-order valence-corrected chi connectivity index (χ4v) is 8.83. The lowest BCUT2D eigenvalue weighted by Crippen LogP contribution is -2.53. The molecule has 268 valence electrons. The van der Waals surface area contributed by atoms with Crippen molar-refractivity contribution in [2.24, 2.45) is 29.6 Å². The first-order chi connectivity index (χ1) is 23.4. The number of nitrogens with one attached hydrogen (secondary N) is 1. The number of esters is 1. The Balaban J connectivity index is 1.27. The van der Waals surface area contributed by atoms with Gasteiger partial charge in [-0.05, 0) is 87.3 Å². The van der Waals surface area contributed by atoms with E-state index in [0.717, 1.165) is 50.8 Å². The van der Waals surface area contributed by atoms with Crippen LogP contribution in [0.15, 0.2) is 35.7 Å². The zero-order chi connectivity index (χ0) is 35.2. The first-order valence-corrected chi connectivity index (χ1v) is 19.3. The van der Waals surface area contributed by atoms with Crippen LogP contribution in [-0.4, -0.2) is 76.6 Å². The van der Waals surface area contributed by atoms with Gasteiger partial charge in [0.1, 0.15) is 10.7 Å². The molecule has 4 heterocycles. The van der Waals surface area contributed by atoms with Gasteiger partial charge >= 0.3 is 5.97 Å². The number of hydrogen-bond donors (Lipinski definition) is 1. The molecular formula is C39H56N4O5S. The van der Waals surface area contributed by atoms with Crippen molar-refractivity contribution in [3.05, 3.63) is 52.0 Å². The number of nitrogens with zero attached hydrogens (tertiary/aromatic N) is 3. The summed E-state index contributed by atoms with van der Waals surface area (Å²) in [5, 5.41) is 5.44. The highest BCUT2D eigenvalue weighted by atomic mass is 32.1. The van der Waals surface area contributed by atoms with Crippen LogP contribution < -0.4 is 5.32 Å². The molecule has 3 saturated heterocycles. The maximum atomic E-state index is 14.2. The van der Waals surface area contributed by atoms with Crippen molar-refractivity contribution >= 4 is 34.9 Å². The second-order valence-corrected chi connectivity index (χ2v) is 16.4. The molecule has 49 heavy (non-hydrogen) atoms. The number of thiazole rings is 1. The van der Waals surface area contributed by atoms with E-state index in [2.05, 4.69) is 55.0 Å². The largest absolute Gasteiger partial charge is 0.455 e.